The first-order chi connectivity index (χ1) is 11.8. The van der Waals surface area contributed by atoms with Crippen LogP contribution in [0.5, 0.6) is 5.75 Å². The van der Waals surface area contributed by atoms with Crippen molar-refractivity contribution in [1.29, 1.82) is 0 Å². The fourth-order valence-corrected chi connectivity index (χ4v) is 3.92. The van der Waals surface area contributed by atoms with Crippen molar-refractivity contribution in [3.63, 3.8) is 0 Å². The minimum absolute atomic E-state index is 0.0823. The molecule has 0 fully saturated rings. The van der Waals surface area contributed by atoms with Gasteiger partial charge in [0.05, 0.1) is 22.8 Å². The number of rotatable bonds is 3. The van der Waals surface area contributed by atoms with E-state index in [1.807, 2.05) is 26.0 Å². The first-order valence-electron chi connectivity index (χ1n) is 7.95. The number of anilines is 2. The number of para-hydroxylation sites is 1. The fourth-order valence-electron chi connectivity index (χ4n) is 2.77. The zero-order chi connectivity index (χ0) is 18.2. The summed E-state index contributed by atoms with van der Waals surface area (Å²) in [7, 11) is -3.78. The Balaban J connectivity index is 2.00. The maximum Gasteiger partial charge on any atom is 0.261 e. The smallest absolute Gasteiger partial charge is 0.261 e. The van der Waals surface area contributed by atoms with E-state index in [1.54, 1.807) is 18.2 Å². The summed E-state index contributed by atoms with van der Waals surface area (Å²) >= 11 is 0. The van der Waals surface area contributed by atoms with Gasteiger partial charge < -0.3 is 9.64 Å². The lowest BCUT2D eigenvalue weighted by atomic mass is 10.2. The molecule has 3 rings (SSSR count). The Bertz CT molecular complexity index is 924. The second kappa shape index (κ2) is 6.40. The number of ether oxygens (including phenoxy) is 1. The Hall–Kier alpha value is -2.54. The normalized spacial score (nSPS) is 16.8. The van der Waals surface area contributed by atoms with Crippen molar-refractivity contribution >= 4 is 27.3 Å². The Morgan fingerprint density at radius 1 is 1.24 bits per heavy atom. The highest BCUT2D eigenvalue weighted by Crippen LogP contribution is 2.36. The third kappa shape index (κ3) is 3.46. The van der Waals surface area contributed by atoms with Crippen molar-refractivity contribution in [2.45, 2.75) is 31.8 Å². The summed E-state index contributed by atoms with van der Waals surface area (Å²) in [6, 6.07) is 11.7. The molecule has 0 aliphatic carbocycles. The van der Waals surface area contributed by atoms with Crippen LogP contribution in [-0.4, -0.2) is 27.0 Å². The van der Waals surface area contributed by atoms with Crippen LogP contribution in [0.15, 0.2) is 47.4 Å². The predicted molar refractivity (Wildman–Crippen MR) is 96.5 cm³/mol. The van der Waals surface area contributed by atoms with Crippen LogP contribution in [0.4, 0.5) is 11.4 Å². The first-order valence-corrected chi connectivity index (χ1v) is 9.43. The maximum atomic E-state index is 12.7. The molecule has 1 aliphatic rings. The van der Waals surface area contributed by atoms with Gasteiger partial charge in [-0.05, 0) is 43.7 Å². The summed E-state index contributed by atoms with van der Waals surface area (Å²) in [5.74, 6) is 0.349. The van der Waals surface area contributed by atoms with Gasteiger partial charge in [0.15, 0.2) is 0 Å². The highest BCUT2D eigenvalue weighted by molar-refractivity contribution is 7.92. The van der Waals surface area contributed by atoms with Gasteiger partial charge in [0.25, 0.3) is 10.0 Å². The summed E-state index contributed by atoms with van der Waals surface area (Å²) in [6.45, 7) is 5.53. The number of hydrogen-bond donors (Lipinski definition) is 1. The second-order valence-electron chi connectivity index (χ2n) is 6.11. The second-order valence-corrected chi connectivity index (χ2v) is 7.79. The molecule has 0 aromatic heterocycles. The standard InChI is InChI=1S/C18H20N2O4S/c1-12-6-4-5-7-16(12)19-25(22,23)15-8-9-18-17(10-15)20(14(3)21)11-13(2)24-18/h4-10,13,19H,11H2,1-3H3/t13-/m1/s1. The van der Waals surface area contributed by atoms with Crippen LogP contribution in [-0.2, 0) is 14.8 Å². The van der Waals surface area contributed by atoms with Gasteiger partial charge in [0, 0.05) is 6.92 Å². The van der Waals surface area contributed by atoms with Crippen molar-refractivity contribution in [2.24, 2.45) is 0 Å². The molecule has 2 aromatic rings. The average molecular weight is 360 g/mol. The molecule has 0 saturated carbocycles. The highest BCUT2D eigenvalue weighted by Gasteiger charge is 2.28. The zero-order valence-corrected chi connectivity index (χ0v) is 15.1. The molecule has 2 aromatic carbocycles. The number of hydrogen-bond acceptors (Lipinski definition) is 4. The molecule has 1 N–H and O–H groups in total. The summed E-state index contributed by atoms with van der Waals surface area (Å²) < 4.78 is 33.7. The van der Waals surface area contributed by atoms with Crippen LogP contribution in [0.2, 0.25) is 0 Å². The van der Waals surface area contributed by atoms with Crippen molar-refractivity contribution in [1.82, 2.24) is 0 Å². The number of carbonyl (C=O) groups excluding carboxylic acids is 1. The van der Waals surface area contributed by atoms with Gasteiger partial charge in [-0.2, -0.15) is 0 Å². The minimum atomic E-state index is -3.78. The molecule has 1 atom stereocenters. The average Bonchev–Trinajstić information content (AvgIpc) is 2.55. The number of nitrogens with zero attached hydrogens (tertiary/aromatic N) is 1. The SMILES string of the molecule is CC(=O)N1C[C@@H](C)Oc2ccc(S(=O)(=O)Nc3ccccc3C)cc21. The molecule has 25 heavy (non-hydrogen) atoms. The van der Waals surface area contributed by atoms with Gasteiger partial charge in [0.1, 0.15) is 11.9 Å². The van der Waals surface area contributed by atoms with Gasteiger partial charge >= 0.3 is 0 Å². The molecule has 0 radical (unpaired) electrons. The lowest BCUT2D eigenvalue weighted by Crippen LogP contribution is -2.41. The quantitative estimate of drug-likeness (QED) is 0.913. The first kappa shape index (κ1) is 17.3. The molecular weight excluding hydrogens is 340 g/mol. The molecule has 6 nitrogen and oxygen atoms in total. The van der Waals surface area contributed by atoms with Crippen LogP contribution in [0.1, 0.15) is 19.4 Å². The van der Waals surface area contributed by atoms with Crippen molar-refractivity contribution in [3.8, 4) is 5.75 Å². The number of benzene rings is 2. The Kier molecular flexibility index (Phi) is 4.43. The van der Waals surface area contributed by atoms with Crippen molar-refractivity contribution in [3.05, 3.63) is 48.0 Å². The van der Waals surface area contributed by atoms with Gasteiger partial charge in [-0.3, -0.25) is 9.52 Å². The molecule has 0 spiro atoms. The van der Waals surface area contributed by atoms with E-state index < -0.39 is 10.0 Å². The Morgan fingerprint density at radius 2 is 1.96 bits per heavy atom. The van der Waals surface area contributed by atoms with E-state index in [9.17, 15) is 13.2 Å². The van der Waals surface area contributed by atoms with Crippen LogP contribution >= 0.6 is 0 Å². The van der Waals surface area contributed by atoms with Crippen molar-refractivity contribution in [2.75, 3.05) is 16.2 Å². The lowest BCUT2D eigenvalue weighted by Gasteiger charge is -2.33. The maximum absolute atomic E-state index is 12.7. The summed E-state index contributed by atoms with van der Waals surface area (Å²) in [5.41, 5.74) is 1.82. The van der Waals surface area contributed by atoms with E-state index in [4.69, 9.17) is 4.74 Å². The molecule has 0 saturated heterocycles. The van der Waals surface area contributed by atoms with Gasteiger partial charge in [-0.1, -0.05) is 18.2 Å². The minimum Gasteiger partial charge on any atom is -0.487 e. The predicted octanol–water partition coefficient (Wildman–Crippen LogP) is 2.93. The third-order valence-electron chi connectivity index (χ3n) is 4.07. The zero-order valence-electron chi connectivity index (χ0n) is 14.3. The highest BCUT2D eigenvalue weighted by atomic mass is 32.2. The molecule has 1 amide bonds. The molecule has 0 bridgehead atoms. The van der Waals surface area contributed by atoms with Crippen LogP contribution < -0.4 is 14.4 Å². The number of sulfonamides is 1. The summed E-state index contributed by atoms with van der Waals surface area (Å²) in [6.07, 6.45) is -0.149. The van der Waals surface area contributed by atoms with E-state index in [2.05, 4.69) is 4.72 Å². The van der Waals surface area contributed by atoms with E-state index in [0.29, 0.717) is 23.7 Å². The Morgan fingerprint density at radius 3 is 2.64 bits per heavy atom. The summed E-state index contributed by atoms with van der Waals surface area (Å²) in [5, 5.41) is 0. The van der Waals surface area contributed by atoms with E-state index in [-0.39, 0.29) is 16.9 Å². The molecule has 1 heterocycles. The van der Waals surface area contributed by atoms with Crippen LogP contribution in [0, 0.1) is 6.92 Å². The lowest BCUT2D eigenvalue weighted by molar-refractivity contribution is -0.117. The third-order valence-corrected chi connectivity index (χ3v) is 5.43. The summed E-state index contributed by atoms with van der Waals surface area (Å²) in [4.78, 5) is 13.5. The monoisotopic (exact) mass is 360 g/mol. The Labute approximate surface area is 147 Å². The van der Waals surface area contributed by atoms with Crippen LogP contribution in [0.25, 0.3) is 0 Å². The molecular formula is C18H20N2O4S. The van der Waals surface area contributed by atoms with E-state index in [0.717, 1.165) is 5.56 Å². The van der Waals surface area contributed by atoms with Gasteiger partial charge in [0.2, 0.25) is 5.91 Å². The number of fused-ring (bicyclic) bond motifs is 1. The fraction of sp³-hybridized carbons (Fsp3) is 0.278. The van der Waals surface area contributed by atoms with Crippen LogP contribution in [0.3, 0.4) is 0 Å². The van der Waals surface area contributed by atoms with Gasteiger partial charge in [-0.15, -0.1) is 0 Å². The molecule has 1 aliphatic heterocycles. The molecule has 132 valence electrons. The van der Waals surface area contributed by atoms with E-state index >= 15 is 0 Å². The van der Waals surface area contributed by atoms with Gasteiger partial charge in [-0.25, -0.2) is 8.42 Å². The largest absolute Gasteiger partial charge is 0.487 e. The number of amides is 1. The topological polar surface area (TPSA) is 75.7 Å². The number of aryl methyl sites for hydroxylation is 1. The molecule has 0 unspecified atom stereocenters. The number of carbonyl (C=O) groups is 1. The van der Waals surface area contributed by atoms with Crippen molar-refractivity contribution < 1.29 is 17.9 Å². The number of nitrogens with one attached hydrogen (secondary N) is 1. The molecule has 7 heteroatoms. The van der Waals surface area contributed by atoms with E-state index in [1.165, 1.54) is 24.0 Å².